The Bertz CT molecular complexity index is 683. The van der Waals surface area contributed by atoms with E-state index in [1.807, 2.05) is 0 Å². The van der Waals surface area contributed by atoms with Gasteiger partial charge in [-0.05, 0) is 11.6 Å². The second kappa shape index (κ2) is 6.41. The van der Waals surface area contributed by atoms with Gasteiger partial charge < -0.3 is 15.0 Å². The molecule has 1 amide bonds. The van der Waals surface area contributed by atoms with Crippen LogP contribution in [0.4, 0.5) is 5.82 Å². The van der Waals surface area contributed by atoms with Crippen molar-refractivity contribution in [2.24, 2.45) is 0 Å². The molecule has 0 aliphatic carbocycles. The first-order valence-corrected chi connectivity index (χ1v) is 7.37. The number of carbonyl (C=O) groups is 1. The van der Waals surface area contributed by atoms with Crippen molar-refractivity contribution in [3.8, 4) is 0 Å². The minimum Gasteiger partial charge on any atom is -0.378 e. The minimum atomic E-state index is -0.0916. The van der Waals surface area contributed by atoms with Gasteiger partial charge in [0.1, 0.15) is 0 Å². The molecule has 1 aliphatic rings. The Kier molecular flexibility index (Phi) is 4.34. The Labute approximate surface area is 131 Å². The third-order valence-corrected chi connectivity index (χ3v) is 3.49. The first-order valence-electron chi connectivity index (χ1n) is 6.99. The predicted molar refractivity (Wildman–Crippen MR) is 79.8 cm³/mol. The maximum absolute atomic E-state index is 10.9. The van der Waals surface area contributed by atoms with E-state index in [-0.39, 0.29) is 11.2 Å². The number of nitrogens with zero attached hydrogens (tertiary/aromatic N) is 6. The Balaban J connectivity index is 1.90. The van der Waals surface area contributed by atoms with Crippen LogP contribution in [-0.4, -0.2) is 63.7 Å². The average molecular weight is 326 g/mol. The molecule has 3 heterocycles. The number of ether oxygens (including phenoxy) is 1. The normalized spacial score (nSPS) is 15.3. The predicted octanol–water partition coefficient (Wildman–Crippen LogP) is -0.153. The molecule has 2 aromatic rings. The van der Waals surface area contributed by atoms with Crippen LogP contribution < -0.4 is 10.2 Å². The maximum atomic E-state index is 10.9. The summed E-state index contributed by atoms with van der Waals surface area (Å²) in [5.74, 6) is 0.579. The Morgan fingerprint density at radius 2 is 2.14 bits per heavy atom. The van der Waals surface area contributed by atoms with Gasteiger partial charge in [-0.2, -0.15) is 9.97 Å². The highest BCUT2D eigenvalue weighted by Gasteiger charge is 2.20. The third kappa shape index (κ3) is 3.09. The van der Waals surface area contributed by atoms with Crippen LogP contribution in [0, 0.1) is 0 Å². The molecule has 22 heavy (non-hydrogen) atoms. The second-order valence-corrected chi connectivity index (χ2v) is 5.22. The van der Waals surface area contributed by atoms with Crippen LogP contribution in [0.25, 0.3) is 11.2 Å². The highest BCUT2D eigenvalue weighted by atomic mass is 35.5. The van der Waals surface area contributed by atoms with Gasteiger partial charge in [0.15, 0.2) is 17.0 Å². The summed E-state index contributed by atoms with van der Waals surface area (Å²) in [6, 6.07) is 0. The highest BCUT2D eigenvalue weighted by Crippen LogP contribution is 2.24. The summed E-state index contributed by atoms with van der Waals surface area (Å²) in [6.07, 6.45) is 0. The number of rotatable bonds is 4. The number of hydrogen-bond acceptors (Lipinski definition) is 7. The van der Waals surface area contributed by atoms with Crippen molar-refractivity contribution in [2.75, 3.05) is 37.7 Å². The van der Waals surface area contributed by atoms with E-state index in [0.29, 0.717) is 43.3 Å². The topological polar surface area (TPSA) is 98.1 Å². The zero-order chi connectivity index (χ0) is 15.5. The maximum Gasteiger partial charge on any atom is 0.226 e. The molecule has 1 aliphatic heterocycles. The fourth-order valence-corrected chi connectivity index (χ4v) is 2.46. The van der Waals surface area contributed by atoms with Gasteiger partial charge in [-0.15, -0.1) is 5.10 Å². The van der Waals surface area contributed by atoms with E-state index >= 15 is 0 Å². The molecule has 9 nitrogen and oxygen atoms in total. The summed E-state index contributed by atoms with van der Waals surface area (Å²) in [6.45, 7) is 5.10. The first kappa shape index (κ1) is 14.9. The molecule has 0 saturated carbocycles. The van der Waals surface area contributed by atoms with Crippen LogP contribution in [0.15, 0.2) is 0 Å². The zero-order valence-corrected chi connectivity index (χ0v) is 12.9. The average Bonchev–Trinajstić information content (AvgIpc) is 2.90. The Hall–Kier alpha value is -2.00. The molecule has 1 saturated heterocycles. The van der Waals surface area contributed by atoms with Crippen molar-refractivity contribution in [1.29, 1.82) is 0 Å². The van der Waals surface area contributed by atoms with Crippen LogP contribution in [0.2, 0.25) is 5.28 Å². The van der Waals surface area contributed by atoms with E-state index in [9.17, 15) is 4.79 Å². The molecule has 3 rings (SSSR count). The molecule has 0 aromatic carbocycles. The fraction of sp³-hybridized carbons (Fsp3) is 0.583. The van der Waals surface area contributed by atoms with E-state index in [1.165, 1.54) is 6.92 Å². The molecule has 2 aromatic heterocycles. The van der Waals surface area contributed by atoms with Gasteiger partial charge in [-0.3, -0.25) is 4.79 Å². The van der Waals surface area contributed by atoms with Gasteiger partial charge in [-0.25, -0.2) is 4.68 Å². The fourth-order valence-electron chi connectivity index (χ4n) is 2.30. The lowest BCUT2D eigenvalue weighted by Crippen LogP contribution is -2.37. The molecule has 0 radical (unpaired) electrons. The number of amides is 1. The molecule has 1 fully saturated rings. The van der Waals surface area contributed by atoms with Gasteiger partial charge in [0.05, 0.1) is 19.8 Å². The van der Waals surface area contributed by atoms with E-state index < -0.39 is 0 Å². The second-order valence-electron chi connectivity index (χ2n) is 4.88. The number of carbonyl (C=O) groups excluding carboxylic acids is 1. The molecule has 0 atom stereocenters. The smallest absolute Gasteiger partial charge is 0.226 e. The summed E-state index contributed by atoms with van der Waals surface area (Å²) in [5.41, 5.74) is 1.17. The third-order valence-electron chi connectivity index (χ3n) is 3.33. The van der Waals surface area contributed by atoms with Crippen LogP contribution >= 0.6 is 11.6 Å². The zero-order valence-electron chi connectivity index (χ0n) is 12.1. The monoisotopic (exact) mass is 325 g/mol. The largest absolute Gasteiger partial charge is 0.378 e. The molecular formula is C12H16ClN7O2. The molecule has 1 N–H and O–H groups in total. The lowest BCUT2D eigenvalue weighted by molar-refractivity contribution is -0.118. The van der Waals surface area contributed by atoms with Crippen molar-refractivity contribution in [2.45, 2.75) is 13.5 Å². The number of morpholine rings is 1. The molecule has 10 heteroatoms. The van der Waals surface area contributed by atoms with E-state index in [0.717, 1.165) is 13.1 Å². The number of aromatic nitrogens is 5. The van der Waals surface area contributed by atoms with Gasteiger partial charge in [0, 0.05) is 26.6 Å². The Morgan fingerprint density at radius 3 is 2.86 bits per heavy atom. The van der Waals surface area contributed by atoms with Crippen molar-refractivity contribution < 1.29 is 9.53 Å². The summed E-state index contributed by atoms with van der Waals surface area (Å²) in [4.78, 5) is 21.5. The van der Waals surface area contributed by atoms with Crippen LogP contribution in [0.3, 0.4) is 0 Å². The van der Waals surface area contributed by atoms with Crippen LogP contribution in [-0.2, 0) is 16.1 Å². The lowest BCUT2D eigenvalue weighted by atomic mass is 10.3. The van der Waals surface area contributed by atoms with Gasteiger partial charge in [0.25, 0.3) is 0 Å². The molecular weight excluding hydrogens is 310 g/mol. The number of fused-ring (bicyclic) bond motifs is 1. The van der Waals surface area contributed by atoms with Crippen molar-refractivity contribution in [3.05, 3.63) is 5.28 Å². The number of nitrogens with one attached hydrogen (secondary N) is 1. The van der Waals surface area contributed by atoms with Crippen LogP contribution in [0.5, 0.6) is 0 Å². The van der Waals surface area contributed by atoms with Crippen LogP contribution in [0.1, 0.15) is 6.92 Å². The Morgan fingerprint density at radius 1 is 1.36 bits per heavy atom. The van der Waals surface area contributed by atoms with Gasteiger partial charge in [0.2, 0.25) is 11.2 Å². The van der Waals surface area contributed by atoms with Gasteiger partial charge in [-0.1, -0.05) is 5.21 Å². The number of anilines is 1. The molecule has 0 spiro atoms. The van der Waals surface area contributed by atoms with E-state index in [2.05, 4.69) is 30.5 Å². The summed E-state index contributed by atoms with van der Waals surface area (Å²) >= 11 is 6.04. The molecule has 118 valence electrons. The van der Waals surface area contributed by atoms with Crippen molar-refractivity contribution in [1.82, 2.24) is 30.3 Å². The molecule has 0 bridgehead atoms. The first-order chi connectivity index (χ1) is 10.6. The van der Waals surface area contributed by atoms with Crippen molar-refractivity contribution >= 4 is 34.5 Å². The highest BCUT2D eigenvalue weighted by molar-refractivity contribution is 6.28. The van der Waals surface area contributed by atoms with E-state index in [1.54, 1.807) is 4.68 Å². The standard InChI is InChI=1S/C12H16ClN7O2/c1-8(21)14-2-3-20-11-9(17-18-20)10(15-12(13)16-11)19-4-6-22-7-5-19/h2-7H2,1H3,(H,14,21). The SMILES string of the molecule is CC(=O)NCCn1nnc2c(N3CCOCC3)nc(Cl)nc21. The minimum absolute atomic E-state index is 0.0916. The number of halogens is 1. The summed E-state index contributed by atoms with van der Waals surface area (Å²) in [5, 5.41) is 11.1. The van der Waals surface area contributed by atoms with Crippen molar-refractivity contribution in [3.63, 3.8) is 0 Å². The van der Waals surface area contributed by atoms with E-state index in [4.69, 9.17) is 16.3 Å². The summed E-state index contributed by atoms with van der Waals surface area (Å²) in [7, 11) is 0. The molecule has 0 unspecified atom stereocenters. The quantitative estimate of drug-likeness (QED) is 0.780. The lowest BCUT2D eigenvalue weighted by Gasteiger charge is -2.27. The van der Waals surface area contributed by atoms with Gasteiger partial charge >= 0.3 is 0 Å². The number of hydrogen-bond donors (Lipinski definition) is 1. The summed E-state index contributed by atoms with van der Waals surface area (Å²) < 4.78 is 6.96.